The van der Waals surface area contributed by atoms with Gasteiger partial charge < -0.3 is 10.4 Å². The van der Waals surface area contributed by atoms with E-state index >= 15 is 0 Å². The summed E-state index contributed by atoms with van der Waals surface area (Å²) >= 11 is 3.25. The van der Waals surface area contributed by atoms with E-state index in [2.05, 4.69) is 28.2 Å². The van der Waals surface area contributed by atoms with Gasteiger partial charge in [0.05, 0.1) is 5.56 Å². The lowest BCUT2D eigenvalue weighted by Crippen LogP contribution is -2.04. The van der Waals surface area contributed by atoms with E-state index in [1.165, 1.54) is 6.42 Å². The Morgan fingerprint density at radius 1 is 1.60 bits per heavy atom. The maximum absolute atomic E-state index is 10.8. The zero-order valence-electron chi connectivity index (χ0n) is 8.33. The molecule has 1 aliphatic carbocycles. The van der Waals surface area contributed by atoms with Crippen LogP contribution < -0.4 is 5.32 Å². The maximum atomic E-state index is 10.8. The van der Waals surface area contributed by atoms with Crippen LogP contribution in [-0.2, 0) is 0 Å². The number of carboxylic acid groups (broad SMARTS) is 1. The molecule has 0 bridgehead atoms. The lowest BCUT2D eigenvalue weighted by atomic mass is 10.2. The van der Waals surface area contributed by atoms with Crippen LogP contribution in [-0.4, -0.2) is 17.1 Å². The second kappa shape index (κ2) is 3.85. The third kappa shape index (κ3) is 2.31. The molecule has 1 saturated carbocycles. The van der Waals surface area contributed by atoms with Crippen molar-refractivity contribution in [3.63, 3.8) is 0 Å². The van der Waals surface area contributed by atoms with Gasteiger partial charge in [-0.05, 0) is 46.5 Å². The zero-order chi connectivity index (χ0) is 11.0. The number of carboxylic acids is 1. The molecule has 1 aliphatic rings. The number of benzene rings is 1. The highest BCUT2D eigenvalue weighted by Crippen LogP contribution is 2.33. The van der Waals surface area contributed by atoms with Crippen LogP contribution >= 0.6 is 15.9 Å². The Morgan fingerprint density at radius 2 is 2.27 bits per heavy atom. The van der Waals surface area contributed by atoms with Gasteiger partial charge >= 0.3 is 5.97 Å². The van der Waals surface area contributed by atoms with E-state index in [1.807, 2.05) is 6.07 Å². The van der Waals surface area contributed by atoms with Crippen LogP contribution in [0.25, 0.3) is 0 Å². The van der Waals surface area contributed by atoms with Gasteiger partial charge in [-0.3, -0.25) is 0 Å². The number of hydrogen-bond acceptors (Lipinski definition) is 2. The molecule has 0 heterocycles. The molecule has 1 aromatic rings. The smallest absolute Gasteiger partial charge is 0.336 e. The number of halogens is 1. The predicted octanol–water partition coefficient (Wildman–Crippen LogP) is 2.97. The van der Waals surface area contributed by atoms with Gasteiger partial charge in [-0.1, -0.05) is 6.92 Å². The molecule has 0 amide bonds. The van der Waals surface area contributed by atoms with Crippen molar-refractivity contribution in [3.05, 3.63) is 28.2 Å². The molecule has 0 spiro atoms. The van der Waals surface area contributed by atoms with Gasteiger partial charge in [-0.15, -0.1) is 0 Å². The molecule has 80 valence electrons. The van der Waals surface area contributed by atoms with E-state index < -0.39 is 5.97 Å². The fourth-order valence-corrected chi connectivity index (χ4v) is 2.06. The van der Waals surface area contributed by atoms with Crippen molar-refractivity contribution < 1.29 is 9.90 Å². The molecule has 2 unspecified atom stereocenters. The average molecular weight is 270 g/mol. The topological polar surface area (TPSA) is 49.3 Å². The minimum atomic E-state index is -0.909. The normalized spacial score (nSPS) is 23.6. The molecule has 0 aromatic heterocycles. The van der Waals surface area contributed by atoms with Crippen LogP contribution in [0.2, 0.25) is 0 Å². The van der Waals surface area contributed by atoms with Gasteiger partial charge in [-0.25, -0.2) is 4.79 Å². The Bertz CT molecular complexity index is 406. The minimum Gasteiger partial charge on any atom is -0.478 e. The van der Waals surface area contributed by atoms with Crippen molar-refractivity contribution in [1.29, 1.82) is 0 Å². The number of rotatable bonds is 3. The first kappa shape index (κ1) is 10.5. The largest absolute Gasteiger partial charge is 0.478 e. The third-order valence-corrected chi connectivity index (χ3v) is 3.32. The average Bonchev–Trinajstić information content (AvgIpc) is 2.81. The summed E-state index contributed by atoms with van der Waals surface area (Å²) in [5.74, 6) is -0.184. The molecule has 4 heteroatoms. The highest BCUT2D eigenvalue weighted by molar-refractivity contribution is 9.10. The Hall–Kier alpha value is -1.03. The molecule has 2 rings (SSSR count). The summed E-state index contributed by atoms with van der Waals surface area (Å²) in [6.45, 7) is 2.19. The Morgan fingerprint density at radius 3 is 2.73 bits per heavy atom. The van der Waals surface area contributed by atoms with Crippen LogP contribution in [0.4, 0.5) is 5.69 Å². The quantitative estimate of drug-likeness (QED) is 0.887. The fourth-order valence-electron chi connectivity index (χ4n) is 1.52. The first-order valence-corrected chi connectivity index (χ1v) is 5.66. The van der Waals surface area contributed by atoms with E-state index in [0.29, 0.717) is 16.1 Å². The van der Waals surface area contributed by atoms with Crippen molar-refractivity contribution in [2.75, 3.05) is 5.32 Å². The van der Waals surface area contributed by atoms with E-state index in [9.17, 15) is 4.79 Å². The molecule has 1 aromatic carbocycles. The summed E-state index contributed by atoms with van der Waals surface area (Å²) in [4.78, 5) is 10.8. The highest BCUT2D eigenvalue weighted by Gasteiger charge is 2.32. The molecule has 3 nitrogen and oxygen atoms in total. The van der Waals surface area contributed by atoms with Crippen molar-refractivity contribution >= 4 is 27.6 Å². The summed E-state index contributed by atoms with van der Waals surface area (Å²) in [5, 5.41) is 12.2. The molecule has 1 fully saturated rings. The van der Waals surface area contributed by atoms with E-state index in [-0.39, 0.29) is 0 Å². The number of aromatic carboxylic acids is 1. The molecule has 0 radical (unpaired) electrons. The molecule has 2 N–H and O–H groups in total. The van der Waals surface area contributed by atoms with Crippen LogP contribution in [0.15, 0.2) is 22.7 Å². The highest BCUT2D eigenvalue weighted by atomic mass is 79.9. The van der Waals surface area contributed by atoms with Crippen molar-refractivity contribution in [3.8, 4) is 0 Å². The Balaban J connectivity index is 2.14. The second-order valence-corrected chi connectivity index (χ2v) is 4.82. The molecule has 15 heavy (non-hydrogen) atoms. The molecular weight excluding hydrogens is 258 g/mol. The summed E-state index contributed by atoms with van der Waals surface area (Å²) in [6, 6.07) is 5.78. The molecule has 0 saturated heterocycles. The maximum Gasteiger partial charge on any atom is 0.336 e. The minimum absolute atomic E-state index is 0.296. The summed E-state index contributed by atoms with van der Waals surface area (Å²) in [6.07, 6.45) is 1.19. The van der Waals surface area contributed by atoms with Gasteiger partial charge in [0.15, 0.2) is 0 Å². The number of hydrogen-bond donors (Lipinski definition) is 2. The lowest BCUT2D eigenvalue weighted by Gasteiger charge is -2.06. The van der Waals surface area contributed by atoms with Gasteiger partial charge in [0.25, 0.3) is 0 Å². The number of nitrogens with one attached hydrogen (secondary N) is 1. The number of anilines is 1. The van der Waals surface area contributed by atoms with Crippen molar-refractivity contribution in [2.45, 2.75) is 19.4 Å². The third-order valence-electron chi connectivity index (χ3n) is 2.66. The molecular formula is C11H12BrNO2. The predicted molar refractivity (Wildman–Crippen MR) is 62.3 cm³/mol. The van der Waals surface area contributed by atoms with Gasteiger partial charge in [0.2, 0.25) is 0 Å². The SMILES string of the molecule is CC1CC1Nc1ccc(C(=O)O)c(Br)c1. The Labute approximate surface area is 96.6 Å². The van der Waals surface area contributed by atoms with Gasteiger partial charge in [-0.2, -0.15) is 0 Å². The summed E-state index contributed by atoms with van der Waals surface area (Å²) in [5.41, 5.74) is 1.27. The first-order chi connectivity index (χ1) is 7.08. The second-order valence-electron chi connectivity index (χ2n) is 3.96. The summed E-state index contributed by atoms with van der Waals surface area (Å²) < 4.78 is 0.619. The lowest BCUT2D eigenvalue weighted by molar-refractivity contribution is 0.0696. The van der Waals surface area contributed by atoms with Gasteiger partial charge in [0, 0.05) is 16.2 Å². The molecule has 0 aliphatic heterocycles. The van der Waals surface area contributed by atoms with E-state index in [0.717, 1.165) is 11.6 Å². The van der Waals surface area contributed by atoms with Crippen molar-refractivity contribution in [1.82, 2.24) is 0 Å². The standard InChI is InChI=1S/C11H12BrNO2/c1-6-4-10(6)13-7-2-3-8(11(14)15)9(12)5-7/h2-3,5-6,10,13H,4H2,1H3,(H,14,15). The first-order valence-electron chi connectivity index (χ1n) is 4.87. The van der Waals surface area contributed by atoms with Crippen LogP contribution in [0, 0.1) is 5.92 Å². The number of carbonyl (C=O) groups is 1. The van der Waals surface area contributed by atoms with Gasteiger partial charge in [0.1, 0.15) is 0 Å². The Kier molecular flexibility index (Phi) is 2.69. The molecule has 2 atom stereocenters. The van der Waals surface area contributed by atoms with Crippen LogP contribution in [0.5, 0.6) is 0 Å². The fraction of sp³-hybridized carbons (Fsp3) is 0.364. The van der Waals surface area contributed by atoms with E-state index in [4.69, 9.17) is 5.11 Å². The van der Waals surface area contributed by atoms with E-state index in [1.54, 1.807) is 12.1 Å². The van der Waals surface area contributed by atoms with Crippen molar-refractivity contribution in [2.24, 2.45) is 5.92 Å². The van der Waals surface area contributed by atoms with Crippen LogP contribution in [0.1, 0.15) is 23.7 Å². The summed E-state index contributed by atoms with van der Waals surface area (Å²) in [7, 11) is 0. The zero-order valence-corrected chi connectivity index (χ0v) is 9.91. The monoisotopic (exact) mass is 269 g/mol. The van der Waals surface area contributed by atoms with Crippen LogP contribution in [0.3, 0.4) is 0 Å².